The first-order valence-corrected chi connectivity index (χ1v) is 3.08. The molecule has 1 fully saturated rings. The van der Waals surface area contributed by atoms with E-state index in [1.807, 2.05) is 5.94 Å². The summed E-state index contributed by atoms with van der Waals surface area (Å²) in [4.78, 5) is 10.1. The van der Waals surface area contributed by atoms with Crippen LogP contribution in [0.4, 0.5) is 0 Å². The summed E-state index contributed by atoms with van der Waals surface area (Å²) in [5, 5.41) is 0. The lowest BCUT2D eigenvalue weighted by Gasteiger charge is -1.94. The van der Waals surface area contributed by atoms with E-state index in [0.717, 1.165) is 12.0 Å². The van der Waals surface area contributed by atoms with Crippen molar-refractivity contribution < 1.29 is 4.79 Å². The predicted molar refractivity (Wildman–Crippen MR) is 32.2 cm³/mol. The van der Waals surface area contributed by atoms with Gasteiger partial charge < -0.3 is 0 Å². The Morgan fingerprint density at radius 2 is 2.50 bits per heavy atom. The van der Waals surface area contributed by atoms with Gasteiger partial charge in [0, 0.05) is 5.57 Å². The quantitative estimate of drug-likeness (QED) is 0.432. The van der Waals surface area contributed by atoms with Crippen LogP contribution in [0.3, 0.4) is 0 Å². The van der Waals surface area contributed by atoms with Gasteiger partial charge in [-0.25, -0.2) is 4.79 Å². The minimum Gasteiger partial charge on any atom is -0.234 e. The van der Waals surface area contributed by atoms with Gasteiger partial charge in [0.05, 0.1) is 0 Å². The number of hydrogen-bond acceptors (Lipinski definition) is 1. The van der Waals surface area contributed by atoms with E-state index >= 15 is 0 Å². The summed E-state index contributed by atoms with van der Waals surface area (Å²) in [7, 11) is 0. The third kappa shape index (κ3) is 0.823. The molecule has 0 spiro atoms. The molecule has 0 aromatic heterocycles. The van der Waals surface area contributed by atoms with E-state index in [-0.39, 0.29) is 0 Å². The molecule has 1 unspecified atom stereocenters. The van der Waals surface area contributed by atoms with Crippen LogP contribution in [0.25, 0.3) is 0 Å². The standard InChI is InChI=1S/C7H10O/c1-6-3-2-4-7(6)5-8/h6H,2-4H2,1H3. The van der Waals surface area contributed by atoms with Gasteiger partial charge in [0.15, 0.2) is 0 Å². The minimum absolute atomic E-state index is 0.521. The van der Waals surface area contributed by atoms with Crippen molar-refractivity contribution in [3.05, 3.63) is 5.57 Å². The van der Waals surface area contributed by atoms with E-state index in [4.69, 9.17) is 0 Å². The summed E-state index contributed by atoms with van der Waals surface area (Å²) in [6.45, 7) is 2.09. The van der Waals surface area contributed by atoms with Crippen LogP contribution >= 0.6 is 0 Å². The molecule has 1 heteroatoms. The Kier molecular flexibility index (Phi) is 1.50. The summed E-state index contributed by atoms with van der Waals surface area (Å²) in [6, 6.07) is 0. The van der Waals surface area contributed by atoms with Gasteiger partial charge in [0.1, 0.15) is 5.94 Å². The fourth-order valence-electron chi connectivity index (χ4n) is 1.17. The highest BCUT2D eigenvalue weighted by atomic mass is 16.1. The molecule has 0 radical (unpaired) electrons. The van der Waals surface area contributed by atoms with Crippen LogP contribution in [0.2, 0.25) is 0 Å². The van der Waals surface area contributed by atoms with E-state index in [1.165, 1.54) is 12.8 Å². The number of rotatable bonds is 0. The summed E-state index contributed by atoms with van der Waals surface area (Å²) in [5.74, 6) is 2.50. The van der Waals surface area contributed by atoms with E-state index in [9.17, 15) is 4.79 Å². The first kappa shape index (κ1) is 5.58. The highest BCUT2D eigenvalue weighted by Crippen LogP contribution is 2.27. The predicted octanol–water partition coefficient (Wildman–Crippen LogP) is 1.56. The van der Waals surface area contributed by atoms with E-state index in [0.29, 0.717) is 5.92 Å². The molecule has 0 aliphatic heterocycles. The smallest absolute Gasteiger partial charge is 0.123 e. The van der Waals surface area contributed by atoms with Crippen LogP contribution in [0.5, 0.6) is 0 Å². The van der Waals surface area contributed by atoms with Gasteiger partial charge >= 0.3 is 0 Å². The highest BCUT2D eigenvalue weighted by molar-refractivity contribution is 5.53. The third-order valence-electron chi connectivity index (χ3n) is 1.81. The SMILES string of the molecule is CC1CCCC1=C=O. The Bertz CT molecular complexity index is 131. The second-order valence-electron chi connectivity index (χ2n) is 2.42. The van der Waals surface area contributed by atoms with Crippen molar-refractivity contribution in [1.82, 2.24) is 0 Å². The molecule has 0 N–H and O–H groups in total. The zero-order valence-corrected chi connectivity index (χ0v) is 5.11. The average Bonchev–Trinajstić information content (AvgIpc) is 2.14. The van der Waals surface area contributed by atoms with Crippen molar-refractivity contribution in [2.45, 2.75) is 26.2 Å². The van der Waals surface area contributed by atoms with Crippen LogP contribution < -0.4 is 0 Å². The molecule has 0 aromatic rings. The number of allylic oxidation sites excluding steroid dienone is 1. The number of carbonyl (C=O) groups excluding carboxylic acids is 1. The third-order valence-corrected chi connectivity index (χ3v) is 1.81. The van der Waals surface area contributed by atoms with Crippen molar-refractivity contribution in [2.75, 3.05) is 0 Å². The van der Waals surface area contributed by atoms with Gasteiger partial charge in [0.2, 0.25) is 0 Å². The van der Waals surface area contributed by atoms with Crippen molar-refractivity contribution in [2.24, 2.45) is 5.92 Å². The maximum atomic E-state index is 10.1. The molecule has 1 nitrogen and oxygen atoms in total. The fraction of sp³-hybridized carbons (Fsp3) is 0.714. The highest BCUT2D eigenvalue weighted by Gasteiger charge is 2.16. The molecule has 0 heterocycles. The van der Waals surface area contributed by atoms with Gasteiger partial charge in [-0.15, -0.1) is 0 Å². The van der Waals surface area contributed by atoms with Crippen LogP contribution in [0, 0.1) is 5.92 Å². The lowest BCUT2D eigenvalue weighted by Crippen LogP contribution is -1.87. The molecule has 0 amide bonds. The first-order chi connectivity index (χ1) is 3.84. The Morgan fingerprint density at radius 3 is 2.75 bits per heavy atom. The second kappa shape index (κ2) is 2.15. The second-order valence-corrected chi connectivity index (χ2v) is 2.42. The Morgan fingerprint density at radius 1 is 1.75 bits per heavy atom. The van der Waals surface area contributed by atoms with Crippen molar-refractivity contribution in [3.63, 3.8) is 0 Å². The molecule has 0 aromatic carbocycles. The molecule has 0 saturated heterocycles. The summed E-state index contributed by atoms with van der Waals surface area (Å²) in [6.07, 6.45) is 3.36. The van der Waals surface area contributed by atoms with Gasteiger partial charge in [-0.1, -0.05) is 6.92 Å². The molecule has 8 heavy (non-hydrogen) atoms. The van der Waals surface area contributed by atoms with Crippen molar-refractivity contribution >= 4 is 5.94 Å². The summed E-state index contributed by atoms with van der Waals surface area (Å²) < 4.78 is 0. The summed E-state index contributed by atoms with van der Waals surface area (Å²) in [5.41, 5.74) is 0.991. The monoisotopic (exact) mass is 110 g/mol. The van der Waals surface area contributed by atoms with Gasteiger partial charge in [-0.3, -0.25) is 0 Å². The molecular formula is C7H10O. The molecule has 1 saturated carbocycles. The Hall–Kier alpha value is -0.550. The molecule has 1 atom stereocenters. The fourth-order valence-corrected chi connectivity index (χ4v) is 1.17. The van der Waals surface area contributed by atoms with Crippen molar-refractivity contribution in [1.29, 1.82) is 0 Å². The molecular weight excluding hydrogens is 100 g/mol. The molecule has 1 rings (SSSR count). The van der Waals surface area contributed by atoms with Crippen LogP contribution in [0.15, 0.2) is 5.57 Å². The van der Waals surface area contributed by atoms with Crippen molar-refractivity contribution in [3.8, 4) is 0 Å². The van der Waals surface area contributed by atoms with Crippen LogP contribution in [-0.2, 0) is 4.79 Å². The molecule has 0 bridgehead atoms. The van der Waals surface area contributed by atoms with Gasteiger partial charge in [-0.2, -0.15) is 0 Å². The van der Waals surface area contributed by atoms with E-state index in [2.05, 4.69) is 6.92 Å². The molecule has 1 aliphatic rings. The normalized spacial score (nSPS) is 28.1. The van der Waals surface area contributed by atoms with Gasteiger partial charge in [-0.05, 0) is 25.2 Å². The molecule has 44 valence electrons. The average molecular weight is 110 g/mol. The van der Waals surface area contributed by atoms with Crippen LogP contribution in [0.1, 0.15) is 26.2 Å². The lowest BCUT2D eigenvalue weighted by atomic mass is 10.1. The molecule has 1 aliphatic carbocycles. The lowest BCUT2D eigenvalue weighted by molar-refractivity contribution is 0.563. The maximum absolute atomic E-state index is 10.1. The number of hydrogen-bond donors (Lipinski definition) is 0. The topological polar surface area (TPSA) is 17.1 Å². The van der Waals surface area contributed by atoms with Gasteiger partial charge in [0.25, 0.3) is 0 Å². The van der Waals surface area contributed by atoms with Crippen LogP contribution in [-0.4, -0.2) is 5.94 Å². The first-order valence-electron chi connectivity index (χ1n) is 3.08. The summed E-state index contributed by atoms with van der Waals surface area (Å²) >= 11 is 0. The largest absolute Gasteiger partial charge is 0.234 e. The zero-order chi connectivity index (χ0) is 5.98. The van der Waals surface area contributed by atoms with E-state index < -0.39 is 0 Å². The zero-order valence-electron chi connectivity index (χ0n) is 5.11. The van der Waals surface area contributed by atoms with E-state index in [1.54, 1.807) is 0 Å². The maximum Gasteiger partial charge on any atom is 0.123 e. The Labute approximate surface area is 49.4 Å². The Balaban J connectivity index is 2.68. The minimum atomic E-state index is 0.521.